The van der Waals surface area contributed by atoms with Crippen molar-refractivity contribution in [3.05, 3.63) is 29.8 Å². The maximum atomic E-state index is 12.7. The van der Waals surface area contributed by atoms with E-state index in [9.17, 15) is 4.79 Å². The van der Waals surface area contributed by atoms with E-state index >= 15 is 0 Å². The van der Waals surface area contributed by atoms with Gasteiger partial charge in [0.2, 0.25) is 0 Å². The first-order valence-corrected chi connectivity index (χ1v) is 8.72. The average molecular weight is 321 g/mol. The Morgan fingerprint density at radius 2 is 1.86 bits per heavy atom. The minimum Gasteiger partial charge on any atom is -0.350 e. The molecule has 0 radical (unpaired) electrons. The molecule has 2 saturated heterocycles. The van der Waals surface area contributed by atoms with Crippen molar-refractivity contribution in [2.75, 3.05) is 32.1 Å². The van der Waals surface area contributed by atoms with E-state index in [2.05, 4.69) is 6.92 Å². The first-order valence-electron chi connectivity index (χ1n) is 7.74. The van der Waals surface area contributed by atoms with Crippen LogP contribution >= 0.6 is 11.8 Å². The number of ether oxygens (including phenoxy) is 2. The predicted octanol–water partition coefficient (Wildman–Crippen LogP) is 3.02. The molecule has 1 amide bonds. The molecule has 2 heterocycles. The van der Waals surface area contributed by atoms with Crippen LogP contribution in [0.5, 0.6) is 0 Å². The Hall–Kier alpha value is -1.04. The van der Waals surface area contributed by atoms with Gasteiger partial charge in [-0.1, -0.05) is 19.1 Å². The van der Waals surface area contributed by atoms with Crippen LogP contribution in [0, 0.1) is 5.41 Å². The van der Waals surface area contributed by atoms with Gasteiger partial charge in [-0.05, 0) is 31.7 Å². The SMILES string of the molecule is CCSc1ccccc1C(=O)N1CC2(COC(C)(C)OC2)C1. The van der Waals surface area contributed by atoms with Crippen LogP contribution in [-0.2, 0) is 9.47 Å². The van der Waals surface area contributed by atoms with Crippen LogP contribution < -0.4 is 0 Å². The predicted molar refractivity (Wildman–Crippen MR) is 87.2 cm³/mol. The molecule has 22 heavy (non-hydrogen) atoms. The quantitative estimate of drug-likeness (QED) is 0.802. The Morgan fingerprint density at radius 1 is 1.23 bits per heavy atom. The highest BCUT2D eigenvalue weighted by molar-refractivity contribution is 7.99. The third kappa shape index (κ3) is 3.03. The molecule has 0 unspecified atom stereocenters. The van der Waals surface area contributed by atoms with Gasteiger partial charge < -0.3 is 14.4 Å². The molecule has 0 atom stereocenters. The Bertz CT molecular complexity index is 555. The minimum atomic E-state index is -0.500. The number of carbonyl (C=O) groups excluding carboxylic acids is 1. The lowest BCUT2D eigenvalue weighted by molar-refractivity contribution is -0.301. The lowest BCUT2D eigenvalue weighted by Crippen LogP contribution is -2.65. The number of thioether (sulfide) groups is 1. The van der Waals surface area contributed by atoms with Crippen LogP contribution in [0.15, 0.2) is 29.2 Å². The molecular formula is C17H23NO3S. The molecular weight excluding hydrogens is 298 g/mol. The van der Waals surface area contributed by atoms with E-state index in [0.717, 1.165) is 16.2 Å². The largest absolute Gasteiger partial charge is 0.350 e. The zero-order valence-corrected chi connectivity index (χ0v) is 14.2. The lowest BCUT2D eigenvalue weighted by atomic mass is 9.80. The normalized spacial score (nSPS) is 22.4. The van der Waals surface area contributed by atoms with Crippen molar-refractivity contribution in [3.63, 3.8) is 0 Å². The number of carbonyl (C=O) groups is 1. The topological polar surface area (TPSA) is 38.8 Å². The van der Waals surface area contributed by atoms with Gasteiger partial charge in [0.05, 0.1) is 24.2 Å². The van der Waals surface area contributed by atoms with Gasteiger partial charge in [0.25, 0.3) is 5.91 Å². The van der Waals surface area contributed by atoms with E-state index in [1.54, 1.807) is 11.8 Å². The summed E-state index contributed by atoms with van der Waals surface area (Å²) < 4.78 is 11.5. The summed E-state index contributed by atoms with van der Waals surface area (Å²) in [5.41, 5.74) is 0.792. The number of hydrogen-bond acceptors (Lipinski definition) is 4. The molecule has 0 aromatic heterocycles. The zero-order chi connectivity index (χ0) is 15.8. The van der Waals surface area contributed by atoms with Crippen molar-refractivity contribution in [2.24, 2.45) is 5.41 Å². The van der Waals surface area contributed by atoms with Crippen molar-refractivity contribution in [2.45, 2.75) is 31.5 Å². The summed E-state index contributed by atoms with van der Waals surface area (Å²) in [5.74, 6) is 0.581. The number of nitrogens with zero attached hydrogens (tertiary/aromatic N) is 1. The van der Waals surface area contributed by atoms with Gasteiger partial charge in [-0.2, -0.15) is 0 Å². The fraction of sp³-hybridized carbons (Fsp3) is 0.588. The Balaban J connectivity index is 1.65. The van der Waals surface area contributed by atoms with Crippen molar-refractivity contribution >= 4 is 17.7 Å². The average Bonchev–Trinajstić information content (AvgIpc) is 2.46. The van der Waals surface area contributed by atoms with Crippen LogP contribution in [0.2, 0.25) is 0 Å². The molecule has 2 fully saturated rings. The maximum Gasteiger partial charge on any atom is 0.255 e. The standard InChI is InChI=1S/C17H23NO3S/c1-4-22-14-8-6-5-7-13(14)15(19)18-9-17(10-18)11-20-16(2,3)21-12-17/h5-8H,4,9-12H2,1-3H3. The molecule has 4 nitrogen and oxygen atoms in total. The van der Waals surface area contributed by atoms with Gasteiger partial charge in [0.15, 0.2) is 5.79 Å². The van der Waals surface area contributed by atoms with Gasteiger partial charge in [0.1, 0.15) is 0 Å². The molecule has 2 aliphatic rings. The highest BCUT2D eigenvalue weighted by Crippen LogP contribution is 2.38. The van der Waals surface area contributed by atoms with Gasteiger partial charge in [-0.25, -0.2) is 0 Å². The molecule has 1 aromatic rings. The first kappa shape index (κ1) is 15.8. The zero-order valence-electron chi connectivity index (χ0n) is 13.4. The number of hydrogen-bond donors (Lipinski definition) is 0. The molecule has 0 saturated carbocycles. The van der Waals surface area contributed by atoms with Crippen LogP contribution in [0.25, 0.3) is 0 Å². The number of rotatable bonds is 3. The van der Waals surface area contributed by atoms with Gasteiger partial charge in [0, 0.05) is 18.0 Å². The minimum absolute atomic E-state index is 0.0159. The molecule has 5 heteroatoms. The molecule has 0 aliphatic carbocycles. The highest BCUT2D eigenvalue weighted by atomic mass is 32.2. The van der Waals surface area contributed by atoms with Gasteiger partial charge in [-0.15, -0.1) is 11.8 Å². The molecule has 3 rings (SSSR count). The second-order valence-electron chi connectivity index (χ2n) is 6.57. The number of likely N-dealkylation sites (tertiary alicyclic amines) is 1. The summed E-state index contributed by atoms with van der Waals surface area (Å²) in [5, 5.41) is 0. The fourth-order valence-electron chi connectivity index (χ4n) is 2.92. The molecule has 1 aromatic carbocycles. The Labute approximate surface area is 136 Å². The molecule has 2 aliphatic heterocycles. The summed E-state index contributed by atoms with van der Waals surface area (Å²) in [6.45, 7) is 8.71. The second kappa shape index (κ2) is 5.87. The van der Waals surface area contributed by atoms with Crippen molar-refractivity contribution in [1.82, 2.24) is 4.90 Å². The second-order valence-corrected chi connectivity index (χ2v) is 7.87. The summed E-state index contributed by atoms with van der Waals surface area (Å²) in [6.07, 6.45) is 0. The van der Waals surface area contributed by atoms with E-state index in [1.165, 1.54) is 0 Å². The van der Waals surface area contributed by atoms with Crippen molar-refractivity contribution in [3.8, 4) is 0 Å². The molecule has 0 bridgehead atoms. The van der Waals surface area contributed by atoms with E-state index in [1.807, 2.05) is 43.0 Å². The van der Waals surface area contributed by atoms with Crippen molar-refractivity contribution < 1.29 is 14.3 Å². The smallest absolute Gasteiger partial charge is 0.255 e. The van der Waals surface area contributed by atoms with E-state index in [4.69, 9.17) is 9.47 Å². The van der Waals surface area contributed by atoms with Crippen LogP contribution in [0.1, 0.15) is 31.1 Å². The van der Waals surface area contributed by atoms with E-state index < -0.39 is 5.79 Å². The van der Waals surface area contributed by atoms with Gasteiger partial charge >= 0.3 is 0 Å². The molecule has 120 valence electrons. The third-order valence-electron chi connectivity index (χ3n) is 4.21. The summed E-state index contributed by atoms with van der Waals surface area (Å²) in [7, 11) is 0. The lowest BCUT2D eigenvalue weighted by Gasteiger charge is -2.54. The monoisotopic (exact) mass is 321 g/mol. The van der Waals surface area contributed by atoms with Crippen LogP contribution in [0.3, 0.4) is 0 Å². The summed E-state index contributed by atoms with van der Waals surface area (Å²) in [4.78, 5) is 15.7. The molecule has 0 N–H and O–H groups in total. The number of benzene rings is 1. The third-order valence-corrected chi connectivity index (χ3v) is 5.16. The van der Waals surface area contributed by atoms with E-state index in [-0.39, 0.29) is 11.3 Å². The number of amides is 1. The maximum absolute atomic E-state index is 12.7. The Morgan fingerprint density at radius 3 is 2.50 bits per heavy atom. The first-order chi connectivity index (χ1) is 10.4. The van der Waals surface area contributed by atoms with Crippen molar-refractivity contribution in [1.29, 1.82) is 0 Å². The van der Waals surface area contributed by atoms with E-state index in [0.29, 0.717) is 26.3 Å². The van der Waals surface area contributed by atoms with Crippen LogP contribution in [0.4, 0.5) is 0 Å². The van der Waals surface area contributed by atoms with Crippen LogP contribution in [-0.4, -0.2) is 48.7 Å². The highest BCUT2D eigenvalue weighted by Gasteiger charge is 2.50. The summed E-state index contributed by atoms with van der Waals surface area (Å²) >= 11 is 1.71. The summed E-state index contributed by atoms with van der Waals surface area (Å²) in [6, 6.07) is 7.85. The Kier molecular flexibility index (Phi) is 4.23. The molecule has 1 spiro atoms. The van der Waals surface area contributed by atoms with Gasteiger partial charge in [-0.3, -0.25) is 4.79 Å². The fourth-order valence-corrected chi connectivity index (χ4v) is 3.72.